The Kier molecular flexibility index (Phi) is 5.86. The highest BCUT2D eigenvalue weighted by Gasteiger charge is 2.14. The van der Waals surface area contributed by atoms with Crippen LogP contribution in [0.15, 0.2) is 48.5 Å². The number of hydrogen-bond donors (Lipinski definition) is 1. The van der Waals surface area contributed by atoms with E-state index < -0.39 is 0 Å². The minimum Gasteiger partial charge on any atom is -0.497 e. The summed E-state index contributed by atoms with van der Waals surface area (Å²) in [6, 6.07) is 15.0. The van der Waals surface area contributed by atoms with Gasteiger partial charge in [0.15, 0.2) is 0 Å². The molecule has 0 spiro atoms. The Balaban J connectivity index is 2.10. The van der Waals surface area contributed by atoms with Crippen LogP contribution in [-0.4, -0.2) is 31.7 Å². The topological polar surface area (TPSA) is 50.8 Å². The van der Waals surface area contributed by atoms with Gasteiger partial charge in [-0.05, 0) is 24.6 Å². The predicted octanol–water partition coefficient (Wildman–Crippen LogP) is 3.76. The molecule has 5 nitrogen and oxygen atoms in total. The van der Waals surface area contributed by atoms with Crippen molar-refractivity contribution in [2.75, 3.05) is 26.1 Å². The van der Waals surface area contributed by atoms with Crippen molar-refractivity contribution in [3.05, 3.63) is 54.1 Å². The lowest BCUT2D eigenvalue weighted by Gasteiger charge is -2.22. The lowest BCUT2D eigenvalue weighted by atomic mass is 10.2. The standard InChI is InChI=1S/C18H22N2O3/c1-4-20(13-14-8-6-5-7-9-14)18(21)19-16-11-10-15(22-2)12-17(16)23-3/h5-12H,4,13H2,1-3H3,(H,19,21). The van der Waals surface area contributed by atoms with Crippen LogP contribution < -0.4 is 14.8 Å². The maximum Gasteiger partial charge on any atom is 0.322 e. The molecule has 0 atom stereocenters. The van der Waals surface area contributed by atoms with Crippen LogP contribution in [0.25, 0.3) is 0 Å². The Bertz CT molecular complexity index is 644. The fourth-order valence-electron chi connectivity index (χ4n) is 2.23. The lowest BCUT2D eigenvalue weighted by Crippen LogP contribution is -2.34. The molecule has 0 radical (unpaired) electrons. The zero-order valence-electron chi connectivity index (χ0n) is 13.7. The van der Waals surface area contributed by atoms with Crippen molar-refractivity contribution in [2.24, 2.45) is 0 Å². The molecule has 0 heterocycles. The number of nitrogens with one attached hydrogen (secondary N) is 1. The second kappa shape index (κ2) is 8.08. The van der Waals surface area contributed by atoms with Gasteiger partial charge in [-0.2, -0.15) is 0 Å². The minimum absolute atomic E-state index is 0.167. The van der Waals surface area contributed by atoms with E-state index in [2.05, 4.69) is 5.32 Å². The van der Waals surface area contributed by atoms with Gasteiger partial charge in [-0.15, -0.1) is 0 Å². The molecule has 0 aliphatic carbocycles. The fourth-order valence-corrected chi connectivity index (χ4v) is 2.23. The van der Waals surface area contributed by atoms with Gasteiger partial charge in [0.1, 0.15) is 11.5 Å². The van der Waals surface area contributed by atoms with E-state index in [-0.39, 0.29) is 6.03 Å². The van der Waals surface area contributed by atoms with E-state index in [1.807, 2.05) is 37.3 Å². The van der Waals surface area contributed by atoms with Crippen LogP contribution in [0.2, 0.25) is 0 Å². The fraction of sp³-hybridized carbons (Fsp3) is 0.278. The van der Waals surface area contributed by atoms with Gasteiger partial charge in [-0.1, -0.05) is 30.3 Å². The SMILES string of the molecule is CCN(Cc1ccccc1)C(=O)Nc1ccc(OC)cc1OC. The second-order valence-electron chi connectivity index (χ2n) is 5.00. The van der Waals surface area contributed by atoms with Gasteiger partial charge in [-0.3, -0.25) is 0 Å². The van der Waals surface area contributed by atoms with Gasteiger partial charge in [0.05, 0.1) is 19.9 Å². The van der Waals surface area contributed by atoms with Gasteiger partial charge in [-0.25, -0.2) is 4.79 Å². The molecule has 0 fully saturated rings. The number of rotatable bonds is 6. The molecular formula is C18H22N2O3. The summed E-state index contributed by atoms with van der Waals surface area (Å²) < 4.78 is 10.5. The normalized spacial score (nSPS) is 10.0. The zero-order valence-corrected chi connectivity index (χ0v) is 13.7. The van der Waals surface area contributed by atoms with Crippen LogP contribution in [0.4, 0.5) is 10.5 Å². The van der Waals surface area contributed by atoms with E-state index in [1.165, 1.54) is 0 Å². The van der Waals surface area contributed by atoms with Crippen LogP contribution in [0, 0.1) is 0 Å². The predicted molar refractivity (Wildman–Crippen MR) is 91.1 cm³/mol. The molecule has 0 saturated carbocycles. The Hall–Kier alpha value is -2.69. The zero-order chi connectivity index (χ0) is 16.7. The quantitative estimate of drug-likeness (QED) is 0.883. The second-order valence-corrected chi connectivity index (χ2v) is 5.00. The maximum atomic E-state index is 12.5. The van der Waals surface area contributed by atoms with E-state index in [4.69, 9.17) is 9.47 Å². The monoisotopic (exact) mass is 314 g/mol. The summed E-state index contributed by atoms with van der Waals surface area (Å²) >= 11 is 0. The largest absolute Gasteiger partial charge is 0.497 e. The van der Waals surface area contributed by atoms with Crippen molar-refractivity contribution in [1.29, 1.82) is 0 Å². The Morgan fingerprint density at radius 1 is 1.09 bits per heavy atom. The van der Waals surface area contributed by atoms with Crippen molar-refractivity contribution in [2.45, 2.75) is 13.5 Å². The smallest absolute Gasteiger partial charge is 0.322 e. The summed E-state index contributed by atoms with van der Waals surface area (Å²) in [6.45, 7) is 3.12. The van der Waals surface area contributed by atoms with E-state index in [0.29, 0.717) is 30.3 Å². The number of amides is 2. The number of benzene rings is 2. The van der Waals surface area contributed by atoms with Gasteiger partial charge in [0.2, 0.25) is 0 Å². The number of carbonyl (C=O) groups excluding carboxylic acids is 1. The molecule has 0 aliphatic heterocycles. The molecule has 2 aromatic carbocycles. The lowest BCUT2D eigenvalue weighted by molar-refractivity contribution is 0.212. The average Bonchev–Trinajstić information content (AvgIpc) is 2.60. The van der Waals surface area contributed by atoms with Crippen molar-refractivity contribution >= 4 is 11.7 Å². The molecule has 0 bridgehead atoms. The van der Waals surface area contributed by atoms with Crippen LogP contribution in [0.3, 0.4) is 0 Å². The summed E-state index contributed by atoms with van der Waals surface area (Å²) in [4.78, 5) is 14.2. The molecule has 0 aromatic heterocycles. The van der Waals surface area contributed by atoms with Crippen molar-refractivity contribution in [3.8, 4) is 11.5 Å². The van der Waals surface area contributed by atoms with Crippen LogP contribution in [-0.2, 0) is 6.54 Å². The van der Waals surface area contributed by atoms with Crippen molar-refractivity contribution in [1.82, 2.24) is 4.90 Å². The Morgan fingerprint density at radius 3 is 2.43 bits per heavy atom. The Labute approximate surface area is 136 Å². The van der Waals surface area contributed by atoms with Gasteiger partial charge >= 0.3 is 6.03 Å². The highest BCUT2D eigenvalue weighted by Crippen LogP contribution is 2.29. The third kappa shape index (κ3) is 4.39. The van der Waals surface area contributed by atoms with Gasteiger partial charge < -0.3 is 19.7 Å². The van der Waals surface area contributed by atoms with E-state index in [9.17, 15) is 4.79 Å². The molecule has 2 amide bonds. The number of anilines is 1. The molecule has 2 aromatic rings. The first-order valence-electron chi connectivity index (χ1n) is 7.49. The molecule has 0 aliphatic rings. The Morgan fingerprint density at radius 2 is 1.83 bits per heavy atom. The van der Waals surface area contributed by atoms with Crippen LogP contribution >= 0.6 is 0 Å². The summed E-state index contributed by atoms with van der Waals surface area (Å²) in [5.41, 5.74) is 1.70. The number of nitrogens with zero attached hydrogens (tertiary/aromatic N) is 1. The number of urea groups is 1. The van der Waals surface area contributed by atoms with E-state index in [1.54, 1.807) is 37.3 Å². The molecule has 0 unspecified atom stereocenters. The average molecular weight is 314 g/mol. The van der Waals surface area contributed by atoms with Gasteiger partial charge in [0, 0.05) is 19.2 Å². The first-order valence-corrected chi connectivity index (χ1v) is 7.49. The van der Waals surface area contributed by atoms with Crippen molar-refractivity contribution < 1.29 is 14.3 Å². The number of ether oxygens (including phenoxy) is 2. The first-order chi connectivity index (χ1) is 11.2. The molecule has 122 valence electrons. The summed E-state index contributed by atoms with van der Waals surface area (Å²) in [6.07, 6.45) is 0. The highest BCUT2D eigenvalue weighted by atomic mass is 16.5. The first kappa shape index (κ1) is 16.7. The minimum atomic E-state index is -0.167. The van der Waals surface area contributed by atoms with Gasteiger partial charge in [0.25, 0.3) is 0 Å². The van der Waals surface area contributed by atoms with E-state index >= 15 is 0 Å². The third-order valence-corrected chi connectivity index (χ3v) is 3.54. The highest BCUT2D eigenvalue weighted by molar-refractivity contribution is 5.91. The summed E-state index contributed by atoms with van der Waals surface area (Å²) in [5.74, 6) is 1.24. The molecule has 1 N–H and O–H groups in total. The van der Waals surface area contributed by atoms with E-state index in [0.717, 1.165) is 5.56 Å². The van der Waals surface area contributed by atoms with Crippen LogP contribution in [0.1, 0.15) is 12.5 Å². The molecule has 23 heavy (non-hydrogen) atoms. The molecule has 5 heteroatoms. The number of methoxy groups -OCH3 is 2. The number of carbonyl (C=O) groups is 1. The third-order valence-electron chi connectivity index (χ3n) is 3.54. The summed E-state index contributed by atoms with van der Waals surface area (Å²) in [7, 11) is 3.15. The molecule has 2 rings (SSSR count). The summed E-state index contributed by atoms with van der Waals surface area (Å²) in [5, 5.41) is 2.89. The van der Waals surface area contributed by atoms with Crippen molar-refractivity contribution in [3.63, 3.8) is 0 Å². The number of hydrogen-bond acceptors (Lipinski definition) is 3. The molecule has 0 saturated heterocycles. The maximum absolute atomic E-state index is 12.5. The van der Waals surface area contributed by atoms with Crippen LogP contribution in [0.5, 0.6) is 11.5 Å². The molecular weight excluding hydrogens is 292 g/mol.